The van der Waals surface area contributed by atoms with Crippen LogP contribution >= 0.6 is 0 Å². The molecule has 2 rings (SSSR count). The lowest BCUT2D eigenvalue weighted by Crippen LogP contribution is -2.30. The largest absolute Gasteiger partial charge is 0.480 e. The topological polar surface area (TPSA) is 88.8 Å². The number of carbonyl (C=O) groups is 2. The minimum absolute atomic E-state index is 0.295. The molecule has 106 valence electrons. The van der Waals surface area contributed by atoms with Gasteiger partial charge in [0.05, 0.1) is 6.04 Å². The van der Waals surface area contributed by atoms with Crippen LogP contribution in [0.1, 0.15) is 18.7 Å². The Morgan fingerprint density at radius 3 is 2.80 bits per heavy atom. The van der Waals surface area contributed by atoms with Gasteiger partial charge in [-0.25, -0.2) is 4.79 Å². The van der Waals surface area contributed by atoms with Gasteiger partial charge in [0.2, 0.25) is 5.91 Å². The number of carboxylic acid groups (broad SMARTS) is 1. The maximum atomic E-state index is 11.6. The van der Waals surface area contributed by atoms with Crippen molar-refractivity contribution in [3.05, 3.63) is 36.1 Å². The number of carboxylic acids is 1. The quantitative estimate of drug-likeness (QED) is 0.839. The van der Waals surface area contributed by atoms with E-state index in [0.29, 0.717) is 5.76 Å². The van der Waals surface area contributed by atoms with Crippen LogP contribution in [-0.2, 0) is 14.3 Å². The Morgan fingerprint density at radius 1 is 1.35 bits per heavy atom. The van der Waals surface area contributed by atoms with E-state index < -0.39 is 12.6 Å². The van der Waals surface area contributed by atoms with Gasteiger partial charge in [-0.15, -0.1) is 0 Å². The lowest BCUT2D eigenvalue weighted by atomic mass is 10.2. The summed E-state index contributed by atoms with van der Waals surface area (Å²) in [7, 11) is 0. The Hall–Kier alpha value is -2.34. The van der Waals surface area contributed by atoms with E-state index in [1.54, 1.807) is 6.92 Å². The van der Waals surface area contributed by atoms with Gasteiger partial charge in [-0.3, -0.25) is 4.79 Å². The predicted molar refractivity (Wildman–Crippen MR) is 71.2 cm³/mol. The summed E-state index contributed by atoms with van der Waals surface area (Å²) in [6, 6.07) is 9.10. The van der Waals surface area contributed by atoms with Gasteiger partial charge >= 0.3 is 5.97 Å². The maximum Gasteiger partial charge on any atom is 0.329 e. The fourth-order valence-corrected chi connectivity index (χ4v) is 1.80. The fourth-order valence-electron chi connectivity index (χ4n) is 1.80. The number of aliphatic carboxylic acids is 1. The molecule has 0 bridgehead atoms. The van der Waals surface area contributed by atoms with Crippen molar-refractivity contribution in [3.63, 3.8) is 0 Å². The second-order valence-electron chi connectivity index (χ2n) is 4.36. The molecular formula is C14H15NO5. The zero-order valence-electron chi connectivity index (χ0n) is 11.0. The molecule has 2 N–H and O–H groups in total. The van der Waals surface area contributed by atoms with Crippen LogP contribution in [0.2, 0.25) is 0 Å². The van der Waals surface area contributed by atoms with Crippen LogP contribution in [-0.4, -0.2) is 30.2 Å². The zero-order chi connectivity index (χ0) is 14.5. The molecule has 1 heterocycles. The molecule has 0 saturated heterocycles. The molecular weight excluding hydrogens is 262 g/mol. The van der Waals surface area contributed by atoms with Crippen molar-refractivity contribution in [3.8, 4) is 0 Å². The van der Waals surface area contributed by atoms with Gasteiger partial charge in [-0.1, -0.05) is 18.2 Å². The highest BCUT2D eigenvalue weighted by molar-refractivity contribution is 5.80. The Labute approximate surface area is 115 Å². The van der Waals surface area contributed by atoms with Gasteiger partial charge in [0.15, 0.2) is 0 Å². The molecule has 1 aromatic heterocycles. The SMILES string of the molecule is CC(NC(=O)COCC(=O)O)c1cc2ccccc2o1. The standard InChI is InChI=1S/C14H15NO5/c1-9(15-13(16)7-19-8-14(17)18)12-6-10-4-2-3-5-11(10)20-12/h2-6,9H,7-8H2,1H3,(H,15,16)(H,17,18). The molecule has 1 aromatic carbocycles. The first-order chi connectivity index (χ1) is 9.56. The molecule has 6 heteroatoms. The maximum absolute atomic E-state index is 11.6. The van der Waals surface area contributed by atoms with Crippen LogP contribution in [0.5, 0.6) is 0 Å². The van der Waals surface area contributed by atoms with Gasteiger partial charge in [0.25, 0.3) is 0 Å². The van der Waals surface area contributed by atoms with E-state index in [-0.39, 0.29) is 18.6 Å². The third-order valence-corrected chi connectivity index (χ3v) is 2.71. The molecule has 0 saturated carbocycles. The molecule has 0 fully saturated rings. The van der Waals surface area contributed by atoms with Gasteiger partial charge in [-0.2, -0.15) is 0 Å². The van der Waals surface area contributed by atoms with Crippen LogP contribution in [0.4, 0.5) is 0 Å². The summed E-state index contributed by atoms with van der Waals surface area (Å²) in [5.41, 5.74) is 0.755. The van der Waals surface area contributed by atoms with Crippen LogP contribution in [0.15, 0.2) is 34.7 Å². The van der Waals surface area contributed by atoms with Crippen molar-refractivity contribution in [2.75, 3.05) is 13.2 Å². The minimum atomic E-state index is -1.11. The van der Waals surface area contributed by atoms with Gasteiger partial charge in [0, 0.05) is 5.39 Å². The van der Waals surface area contributed by atoms with E-state index in [4.69, 9.17) is 14.3 Å². The molecule has 1 atom stereocenters. The molecule has 0 spiro atoms. The van der Waals surface area contributed by atoms with E-state index in [9.17, 15) is 9.59 Å². The van der Waals surface area contributed by atoms with Crippen LogP contribution in [0, 0.1) is 0 Å². The Bertz CT molecular complexity index is 586. The van der Waals surface area contributed by atoms with Crippen LogP contribution in [0.25, 0.3) is 11.0 Å². The molecule has 0 aliphatic heterocycles. The average Bonchev–Trinajstić information content (AvgIpc) is 2.82. The number of ether oxygens (including phenoxy) is 1. The van der Waals surface area contributed by atoms with Crippen molar-refractivity contribution in [2.45, 2.75) is 13.0 Å². The van der Waals surface area contributed by atoms with E-state index in [0.717, 1.165) is 11.0 Å². The van der Waals surface area contributed by atoms with E-state index in [2.05, 4.69) is 5.32 Å². The summed E-state index contributed by atoms with van der Waals surface area (Å²) in [5.74, 6) is -0.861. The monoisotopic (exact) mass is 277 g/mol. The van der Waals surface area contributed by atoms with Gasteiger partial charge in [-0.05, 0) is 19.1 Å². The second kappa shape index (κ2) is 6.21. The lowest BCUT2D eigenvalue weighted by Gasteiger charge is -2.11. The van der Waals surface area contributed by atoms with Gasteiger partial charge in [0.1, 0.15) is 24.6 Å². The van der Waals surface area contributed by atoms with Gasteiger partial charge < -0.3 is 19.6 Å². The number of carbonyl (C=O) groups excluding carboxylic acids is 1. The minimum Gasteiger partial charge on any atom is -0.480 e. The third-order valence-electron chi connectivity index (χ3n) is 2.71. The number of amides is 1. The highest BCUT2D eigenvalue weighted by Crippen LogP contribution is 2.23. The molecule has 6 nitrogen and oxygen atoms in total. The first-order valence-corrected chi connectivity index (χ1v) is 6.13. The fraction of sp³-hybridized carbons (Fsp3) is 0.286. The first kappa shape index (κ1) is 14.1. The van der Waals surface area contributed by atoms with Crippen molar-refractivity contribution in [2.24, 2.45) is 0 Å². The summed E-state index contributed by atoms with van der Waals surface area (Å²) in [6.07, 6.45) is 0. The second-order valence-corrected chi connectivity index (χ2v) is 4.36. The normalized spacial score (nSPS) is 12.2. The smallest absolute Gasteiger partial charge is 0.329 e. The first-order valence-electron chi connectivity index (χ1n) is 6.13. The van der Waals surface area contributed by atoms with Crippen molar-refractivity contribution in [1.82, 2.24) is 5.32 Å². The number of benzene rings is 1. The highest BCUT2D eigenvalue weighted by atomic mass is 16.5. The number of furan rings is 1. The Kier molecular flexibility index (Phi) is 4.37. The summed E-state index contributed by atoms with van der Waals surface area (Å²) < 4.78 is 10.3. The summed E-state index contributed by atoms with van der Waals surface area (Å²) >= 11 is 0. The van der Waals surface area contributed by atoms with Crippen LogP contribution < -0.4 is 5.32 Å². The zero-order valence-corrected chi connectivity index (χ0v) is 11.0. The number of nitrogens with one attached hydrogen (secondary N) is 1. The highest BCUT2D eigenvalue weighted by Gasteiger charge is 2.14. The predicted octanol–water partition coefficient (Wildman–Crippen LogP) is 1.71. The Morgan fingerprint density at radius 2 is 2.10 bits per heavy atom. The number of fused-ring (bicyclic) bond motifs is 1. The molecule has 20 heavy (non-hydrogen) atoms. The number of para-hydroxylation sites is 1. The van der Waals surface area contributed by atoms with Crippen LogP contribution in [0.3, 0.4) is 0 Å². The molecule has 1 amide bonds. The lowest BCUT2D eigenvalue weighted by molar-refractivity contribution is -0.143. The summed E-state index contributed by atoms with van der Waals surface area (Å²) in [4.78, 5) is 21.8. The van der Waals surface area contributed by atoms with Crippen molar-refractivity contribution >= 4 is 22.8 Å². The third kappa shape index (κ3) is 3.58. The number of hydrogen-bond acceptors (Lipinski definition) is 4. The van der Waals surface area contributed by atoms with Crippen molar-refractivity contribution in [1.29, 1.82) is 0 Å². The molecule has 0 aliphatic carbocycles. The molecule has 0 radical (unpaired) electrons. The van der Waals surface area contributed by atoms with Crippen molar-refractivity contribution < 1.29 is 23.8 Å². The Balaban J connectivity index is 1.92. The molecule has 0 aliphatic rings. The number of hydrogen-bond donors (Lipinski definition) is 2. The molecule has 1 unspecified atom stereocenters. The molecule has 2 aromatic rings. The van der Waals surface area contributed by atoms with E-state index >= 15 is 0 Å². The average molecular weight is 277 g/mol. The summed E-state index contributed by atoms with van der Waals surface area (Å²) in [5, 5.41) is 12.0. The van der Waals surface area contributed by atoms with E-state index in [1.807, 2.05) is 30.3 Å². The number of rotatable bonds is 6. The van der Waals surface area contributed by atoms with E-state index in [1.165, 1.54) is 0 Å². The summed E-state index contributed by atoms with van der Waals surface area (Å²) in [6.45, 7) is 0.996.